The van der Waals surface area contributed by atoms with Gasteiger partial charge in [0, 0.05) is 5.69 Å². The van der Waals surface area contributed by atoms with Gasteiger partial charge in [0.05, 0.1) is 12.5 Å². The molecule has 0 saturated carbocycles. The molecule has 120 valence electrons. The van der Waals surface area contributed by atoms with Gasteiger partial charge in [0.2, 0.25) is 0 Å². The van der Waals surface area contributed by atoms with Crippen molar-refractivity contribution in [1.29, 1.82) is 5.26 Å². The van der Waals surface area contributed by atoms with Gasteiger partial charge in [-0.05, 0) is 11.6 Å². The zero-order valence-corrected chi connectivity index (χ0v) is 10.5. The highest BCUT2D eigenvalue weighted by Gasteiger charge is 2.76. The second-order valence-corrected chi connectivity index (χ2v) is 4.09. The molecule has 1 aromatic rings. The van der Waals surface area contributed by atoms with Gasteiger partial charge in [-0.1, -0.05) is 18.2 Å². The Labute approximate surface area is 119 Å². The molecule has 1 aromatic carbocycles. The standard InChI is InChI=1S/C12H7F7N2O/c13-10(14,11(15,16)12(17,18)19)9(22)21-8-4-2-1-3-7(8)5-6-20/h1-4H,5H2,(H,21,22). The van der Waals surface area contributed by atoms with E-state index in [1.807, 2.05) is 0 Å². The lowest BCUT2D eigenvalue weighted by atomic mass is 10.1. The van der Waals surface area contributed by atoms with E-state index in [4.69, 9.17) is 5.26 Å². The maximum absolute atomic E-state index is 13.1. The van der Waals surface area contributed by atoms with E-state index >= 15 is 0 Å². The average molecular weight is 328 g/mol. The molecule has 10 heteroatoms. The lowest BCUT2D eigenvalue weighted by molar-refractivity contribution is -0.343. The molecule has 3 nitrogen and oxygen atoms in total. The first kappa shape index (κ1) is 17.7. The first-order chi connectivity index (χ1) is 9.95. The van der Waals surface area contributed by atoms with Crippen molar-refractivity contribution in [2.75, 3.05) is 5.32 Å². The van der Waals surface area contributed by atoms with E-state index in [0.29, 0.717) is 0 Å². The number of benzene rings is 1. The number of nitrogens with one attached hydrogen (secondary N) is 1. The fourth-order valence-electron chi connectivity index (χ4n) is 1.40. The largest absolute Gasteiger partial charge is 0.460 e. The number of nitrogens with zero attached hydrogens (tertiary/aromatic N) is 1. The molecule has 0 atom stereocenters. The Morgan fingerprint density at radius 2 is 1.64 bits per heavy atom. The van der Waals surface area contributed by atoms with Crippen LogP contribution in [0.4, 0.5) is 36.4 Å². The number of nitriles is 1. The second kappa shape index (κ2) is 5.82. The monoisotopic (exact) mass is 328 g/mol. The molecule has 0 fully saturated rings. The minimum Gasteiger partial charge on any atom is -0.320 e. The van der Waals surface area contributed by atoms with Crippen molar-refractivity contribution in [1.82, 2.24) is 0 Å². The summed E-state index contributed by atoms with van der Waals surface area (Å²) in [5.74, 6) is -15.4. The minimum atomic E-state index is -6.60. The van der Waals surface area contributed by atoms with Crippen LogP contribution in [-0.2, 0) is 11.2 Å². The highest BCUT2D eigenvalue weighted by Crippen LogP contribution is 2.46. The molecule has 1 amide bonds. The van der Waals surface area contributed by atoms with E-state index in [1.165, 1.54) is 23.5 Å². The number of anilines is 1. The maximum Gasteiger partial charge on any atom is 0.460 e. The van der Waals surface area contributed by atoms with Crippen LogP contribution in [0.3, 0.4) is 0 Å². The summed E-state index contributed by atoms with van der Waals surface area (Å²) >= 11 is 0. The van der Waals surface area contributed by atoms with E-state index in [1.54, 1.807) is 6.07 Å². The Hall–Kier alpha value is -2.31. The number of carbonyl (C=O) groups excluding carboxylic acids is 1. The lowest BCUT2D eigenvalue weighted by Crippen LogP contribution is -2.57. The molecular formula is C12H7F7N2O. The molecule has 0 radical (unpaired) electrons. The number of amides is 1. The summed E-state index contributed by atoms with van der Waals surface area (Å²) < 4.78 is 87.7. The number of hydrogen-bond acceptors (Lipinski definition) is 2. The Morgan fingerprint density at radius 1 is 1.09 bits per heavy atom. The van der Waals surface area contributed by atoms with Crippen molar-refractivity contribution >= 4 is 11.6 Å². The molecule has 0 heterocycles. The van der Waals surface area contributed by atoms with Gasteiger partial charge in [0.15, 0.2) is 0 Å². The van der Waals surface area contributed by atoms with E-state index in [2.05, 4.69) is 0 Å². The van der Waals surface area contributed by atoms with Gasteiger partial charge in [0.25, 0.3) is 0 Å². The van der Waals surface area contributed by atoms with Crippen molar-refractivity contribution in [3.8, 4) is 6.07 Å². The predicted octanol–water partition coefficient (Wildman–Crippen LogP) is 3.52. The van der Waals surface area contributed by atoms with Gasteiger partial charge in [-0.3, -0.25) is 4.79 Å². The number of rotatable bonds is 4. The summed E-state index contributed by atoms with van der Waals surface area (Å²) in [5.41, 5.74) is -0.462. The van der Waals surface area contributed by atoms with Crippen molar-refractivity contribution < 1.29 is 35.5 Å². The molecule has 1 N–H and O–H groups in total. The van der Waals surface area contributed by atoms with Crippen LogP contribution in [0.5, 0.6) is 0 Å². The molecule has 0 bridgehead atoms. The third-order valence-corrected chi connectivity index (χ3v) is 2.57. The quantitative estimate of drug-likeness (QED) is 0.860. The molecule has 0 saturated heterocycles. The van der Waals surface area contributed by atoms with Crippen LogP contribution < -0.4 is 5.32 Å². The van der Waals surface area contributed by atoms with Crippen LogP contribution >= 0.6 is 0 Å². The summed E-state index contributed by atoms with van der Waals surface area (Å²) in [6.07, 6.45) is -6.96. The summed E-state index contributed by atoms with van der Waals surface area (Å²) in [4.78, 5) is 11.2. The first-order valence-electron chi connectivity index (χ1n) is 5.54. The SMILES string of the molecule is N#CCc1ccccc1NC(=O)C(F)(F)C(F)(F)C(F)(F)F. The molecule has 0 aliphatic rings. The van der Waals surface area contributed by atoms with Gasteiger partial charge in [-0.15, -0.1) is 0 Å². The van der Waals surface area contributed by atoms with Crippen LogP contribution in [0, 0.1) is 11.3 Å². The topological polar surface area (TPSA) is 52.9 Å². The zero-order valence-electron chi connectivity index (χ0n) is 10.5. The average Bonchev–Trinajstić information content (AvgIpc) is 2.39. The van der Waals surface area contributed by atoms with Gasteiger partial charge < -0.3 is 5.32 Å². The van der Waals surface area contributed by atoms with Crippen LogP contribution in [0.25, 0.3) is 0 Å². The maximum atomic E-state index is 13.1. The Morgan fingerprint density at radius 3 is 2.14 bits per heavy atom. The summed E-state index contributed by atoms with van der Waals surface area (Å²) in [5, 5.41) is 9.79. The fourth-order valence-corrected chi connectivity index (χ4v) is 1.40. The van der Waals surface area contributed by atoms with Crippen LogP contribution in [0.2, 0.25) is 0 Å². The summed E-state index contributed by atoms with van der Waals surface area (Å²) in [7, 11) is 0. The highest BCUT2D eigenvalue weighted by atomic mass is 19.4. The van der Waals surface area contributed by atoms with Gasteiger partial charge in [-0.2, -0.15) is 36.0 Å². The number of para-hydroxylation sites is 1. The van der Waals surface area contributed by atoms with E-state index < -0.39 is 29.6 Å². The molecular weight excluding hydrogens is 321 g/mol. The molecule has 1 rings (SSSR count). The fraction of sp³-hybridized carbons (Fsp3) is 0.333. The zero-order chi connectivity index (χ0) is 17.2. The molecule has 0 spiro atoms. The molecule has 0 aromatic heterocycles. The van der Waals surface area contributed by atoms with E-state index in [0.717, 1.165) is 6.07 Å². The third-order valence-electron chi connectivity index (χ3n) is 2.57. The molecule has 0 aliphatic carbocycles. The first-order valence-corrected chi connectivity index (χ1v) is 5.54. The van der Waals surface area contributed by atoms with Gasteiger partial charge >= 0.3 is 23.9 Å². The van der Waals surface area contributed by atoms with Gasteiger partial charge in [-0.25, -0.2) is 0 Å². The van der Waals surface area contributed by atoms with Crippen molar-refractivity contribution in [3.05, 3.63) is 29.8 Å². The van der Waals surface area contributed by atoms with Crippen LogP contribution in [0.15, 0.2) is 24.3 Å². The molecule has 0 unspecified atom stereocenters. The summed E-state index contributed by atoms with van der Waals surface area (Å²) in [6.45, 7) is 0. The van der Waals surface area contributed by atoms with Crippen molar-refractivity contribution in [2.45, 2.75) is 24.4 Å². The minimum absolute atomic E-state index is 0.00975. The highest BCUT2D eigenvalue weighted by molar-refractivity contribution is 5.97. The van der Waals surface area contributed by atoms with Gasteiger partial charge in [0.1, 0.15) is 0 Å². The van der Waals surface area contributed by atoms with E-state index in [9.17, 15) is 35.5 Å². The van der Waals surface area contributed by atoms with Crippen molar-refractivity contribution in [2.24, 2.45) is 0 Å². The third kappa shape index (κ3) is 3.13. The summed E-state index contributed by atoms with van der Waals surface area (Å²) in [6, 6.07) is 6.42. The second-order valence-electron chi connectivity index (χ2n) is 4.09. The predicted molar refractivity (Wildman–Crippen MR) is 60.3 cm³/mol. The Kier molecular flexibility index (Phi) is 4.70. The molecule has 22 heavy (non-hydrogen) atoms. The van der Waals surface area contributed by atoms with Crippen LogP contribution in [0.1, 0.15) is 5.56 Å². The van der Waals surface area contributed by atoms with Crippen molar-refractivity contribution in [3.63, 3.8) is 0 Å². The van der Waals surface area contributed by atoms with E-state index in [-0.39, 0.29) is 12.0 Å². The number of halogens is 7. The number of hydrogen-bond donors (Lipinski definition) is 1. The lowest BCUT2D eigenvalue weighted by Gasteiger charge is -2.27. The smallest absolute Gasteiger partial charge is 0.320 e. The normalized spacial score (nSPS) is 12.6. The van der Waals surface area contributed by atoms with Crippen LogP contribution in [-0.4, -0.2) is 23.9 Å². The number of carbonyl (C=O) groups is 1. The Bertz CT molecular complexity index is 604. The Balaban J connectivity index is 3.10. The molecule has 0 aliphatic heterocycles. The number of alkyl halides is 7.